The first-order valence-electron chi connectivity index (χ1n) is 8.04. The van der Waals surface area contributed by atoms with Crippen LogP contribution in [0.15, 0.2) is 46.0 Å². The van der Waals surface area contributed by atoms with Crippen LogP contribution in [0.4, 0.5) is 0 Å². The van der Waals surface area contributed by atoms with Crippen molar-refractivity contribution in [2.45, 2.75) is 19.4 Å². The summed E-state index contributed by atoms with van der Waals surface area (Å²) in [5, 5.41) is 3.12. The summed E-state index contributed by atoms with van der Waals surface area (Å²) in [5.74, 6) is 6.19. The Hall–Kier alpha value is -3.26. The number of hydrogen-bond acceptors (Lipinski definition) is 4. The van der Waals surface area contributed by atoms with Gasteiger partial charge >= 0.3 is 0 Å². The zero-order valence-electron chi connectivity index (χ0n) is 14.0. The third-order valence-electron chi connectivity index (χ3n) is 4.57. The van der Waals surface area contributed by atoms with E-state index in [0.29, 0.717) is 6.42 Å². The summed E-state index contributed by atoms with van der Waals surface area (Å²) in [6, 6.07) is 9.90. The molecule has 0 saturated heterocycles. The molecule has 5 nitrogen and oxygen atoms in total. The number of carbonyl (C=O) groups excluding carboxylic acids is 1. The number of fused-ring (bicyclic) bond motifs is 2. The predicted octanol–water partition coefficient (Wildman–Crippen LogP) is 3.18. The molecule has 1 unspecified atom stereocenters. The van der Waals surface area contributed by atoms with Gasteiger partial charge in [-0.05, 0) is 41.5 Å². The van der Waals surface area contributed by atoms with Gasteiger partial charge in [0.25, 0.3) is 0 Å². The molecule has 1 aliphatic rings. The Balaban J connectivity index is 1.84. The maximum absolute atomic E-state index is 12.0. The van der Waals surface area contributed by atoms with Crippen molar-refractivity contribution in [2.75, 3.05) is 7.05 Å². The monoisotopic (exact) mass is 331 g/mol. The maximum Gasteiger partial charge on any atom is 0.231 e. The first-order chi connectivity index (χ1) is 12.1. The lowest BCUT2D eigenvalue weighted by molar-refractivity contribution is -0.127. The molecule has 1 amide bonds. The molecule has 0 saturated carbocycles. The number of guanidine groups is 1. The van der Waals surface area contributed by atoms with Crippen molar-refractivity contribution >= 4 is 33.6 Å². The highest BCUT2D eigenvalue weighted by Gasteiger charge is 2.25. The topological polar surface area (TPSA) is 71.8 Å². The molecule has 3 aromatic rings. The number of carbonyl (C=O) groups is 1. The third-order valence-corrected chi connectivity index (χ3v) is 4.57. The third kappa shape index (κ3) is 2.52. The fourth-order valence-corrected chi connectivity index (χ4v) is 3.14. The number of amides is 1. The normalized spacial score (nSPS) is 17.5. The van der Waals surface area contributed by atoms with Crippen LogP contribution < -0.4 is 5.73 Å². The van der Waals surface area contributed by atoms with Crippen LogP contribution in [0.25, 0.3) is 21.7 Å². The SMILES string of the molecule is CC#Cc1coc2cc3ccc(C4CC(=O)N(C)C(N)=N4)cc3cc12. The van der Waals surface area contributed by atoms with E-state index in [9.17, 15) is 4.79 Å². The van der Waals surface area contributed by atoms with Crippen molar-refractivity contribution in [2.24, 2.45) is 10.7 Å². The molecule has 2 aromatic carbocycles. The molecular formula is C20H17N3O2. The molecule has 4 rings (SSSR count). The van der Waals surface area contributed by atoms with Crippen molar-refractivity contribution in [1.82, 2.24) is 4.90 Å². The number of aliphatic imine (C=N–C) groups is 1. The minimum atomic E-state index is -0.247. The number of nitrogens with two attached hydrogens (primary N) is 1. The molecule has 124 valence electrons. The summed E-state index contributed by atoms with van der Waals surface area (Å²) in [5.41, 5.74) is 8.52. The molecule has 0 bridgehead atoms. The van der Waals surface area contributed by atoms with E-state index < -0.39 is 0 Å². The van der Waals surface area contributed by atoms with Crippen molar-refractivity contribution in [3.05, 3.63) is 47.7 Å². The van der Waals surface area contributed by atoms with E-state index in [1.165, 1.54) is 4.90 Å². The van der Waals surface area contributed by atoms with Crippen LogP contribution in [-0.2, 0) is 4.79 Å². The lowest BCUT2D eigenvalue weighted by Gasteiger charge is -2.25. The molecule has 25 heavy (non-hydrogen) atoms. The van der Waals surface area contributed by atoms with E-state index in [2.05, 4.69) is 29.0 Å². The number of benzene rings is 2. The Morgan fingerprint density at radius 1 is 1.28 bits per heavy atom. The molecule has 2 N–H and O–H groups in total. The largest absolute Gasteiger partial charge is 0.463 e. The summed E-state index contributed by atoms with van der Waals surface area (Å²) in [7, 11) is 1.64. The fraction of sp³-hybridized carbons (Fsp3) is 0.200. The second kappa shape index (κ2) is 5.67. The Morgan fingerprint density at radius 3 is 2.88 bits per heavy atom. The van der Waals surface area contributed by atoms with E-state index in [-0.39, 0.29) is 17.9 Å². The molecule has 2 heterocycles. The van der Waals surface area contributed by atoms with Crippen LogP contribution >= 0.6 is 0 Å². The van der Waals surface area contributed by atoms with E-state index in [0.717, 1.165) is 32.9 Å². The molecule has 1 aliphatic heterocycles. The van der Waals surface area contributed by atoms with Gasteiger partial charge in [0.2, 0.25) is 5.91 Å². The quantitative estimate of drug-likeness (QED) is 0.696. The molecule has 1 atom stereocenters. The molecule has 5 heteroatoms. The summed E-state index contributed by atoms with van der Waals surface area (Å²) in [6.07, 6.45) is 2.00. The number of hydrogen-bond donors (Lipinski definition) is 1. The lowest BCUT2D eigenvalue weighted by atomic mass is 9.98. The Labute approximate surface area is 145 Å². The van der Waals surface area contributed by atoms with Gasteiger partial charge in [-0.25, -0.2) is 4.99 Å². The van der Waals surface area contributed by atoms with Gasteiger partial charge in [0.15, 0.2) is 5.96 Å². The van der Waals surface area contributed by atoms with E-state index in [1.54, 1.807) is 20.2 Å². The molecule has 1 aromatic heterocycles. The van der Waals surface area contributed by atoms with Gasteiger partial charge in [0.05, 0.1) is 18.0 Å². The summed E-state index contributed by atoms with van der Waals surface area (Å²) >= 11 is 0. The van der Waals surface area contributed by atoms with Crippen LogP contribution in [0.3, 0.4) is 0 Å². The highest BCUT2D eigenvalue weighted by molar-refractivity contribution is 6.00. The summed E-state index contributed by atoms with van der Waals surface area (Å²) in [4.78, 5) is 17.9. The molecule has 0 spiro atoms. The van der Waals surface area contributed by atoms with Gasteiger partial charge < -0.3 is 10.2 Å². The Bertz CT molecular complexity index is 1100. The van der Waals surface area contributed by atoms with Crippen molar-refractivity contribution < 1.29 is 9.21 Å². The van der Waals surface area contributed by atoms with Crippen molar-refractivity contribution in [1.29, 1.82) is 0 Å². The van der Waals surface area contributed by atoms with Crippen molar-refractivity contribution in [3.63, 3.8) is 0 Å². The standard InChI is InChI=1S/C20H17N3O2/c1-3-4-14-11-25-18-9-12-5-6-13(7-15(12)8-16(14)18)17-10-19(24)23(2)20(21)22-17/h5-9,11,17H,10H2,1-2H3,(H2,21,22). The summed E-state index contributed by atoms with van der Waals surface area (Å²) < 4.78 is 5.61. The summed E-state index contributed by atoms with van der Waals surface area (Å²) in [6.45, 7) is 1.80. The second-order valence-corrected chi connectivity index (χ2v) is 6.14. The van der Waals surface area contributed by atoms with Crippen LogP contribution in [0.1, 0.15) is 30.5 Å². The van der Waals surface area contributed by atoms with Crippen molar-refractivity contribution in [3.8, 4) is 11.8 Å². The van der Waals surface area contributed by atoms with Crippen LogP contribution in [0.2, 0.25) is 0 Å². The first kappa shape index (κ1) is 15.3. The first-order valence-corrected chi connectivity index (χ1v) is 8.04. The minimum absolute atomic E-state index is 0.0246. The van der Waals surface area contributed by atoms with Gasteiger partial charge in [-0.15, -0.1) is 5.92 Å². The zero-order valence-corrected chi connectivity index (χ0v) is 14.0. The average molecular weight is 331 g/mol. The fourth-order valence-electron chi connectivity index (χ4n) is 3.14. The molecule has 0 aliphatic carbocycles. The van der Waals surface area contributed by atoms with Gasteiger partial charge in [-0.1, -0.05) is 18.1 Å². The van der Waals surface area contributed by atoms with Gasteiger partial charge in [0, 0.05) is 12.4 Å². The van der Waals surface area contributed by atoms with Gasteiger partial charge in [-0.3, -0.25) is 9.69 Å². The second-order valence-electron chi connectivity index (χ2n) is 6.14. The zero-order chi connectivity index (χ0) is 17.6. The van der Waals surface area contributed by atoms with E-state index >= 15 is 0 Å². The Morgan fingerprint density at radius 2 is 2.12 bits per heavy atom. The minimum Gasteiger partial charge on any atom is -0.463 e. The van der Waals surface area contributed by atoms with Crippen LogP contribution in [-0.4, -0.2) is 23.8 Å². The molecule has 0 fully saturated rings. The van der Waals surface area contributed by atoms with E-state index in [1.807, 2.05) is 18.2 Å². The maximum atomic E-state index is 12.0. The van der Waals surface area contributed by atoms with Gasteiger partial charge in [0.1, 0.15) is 11.8 Å². The number of rotatable bonds is 1. The Kier molecular flexibility index (Phi) is 3.47. The number of furan rings is 1. The van der Waals surface area contributed by atoms with Gasteiger partial charge in [-0.2, -0.15) is 0 Å². The van der Waals surface area contributed by atoms with E-state index in [4.69, 9.17) is 10.2 Å². The van der Waals surface area contributed by atoms with Crippen LogP contribution in [0.5, 0.6) is 0 Å². The number of nitrogens with zero attached hydrogens (tertiary/aromatic N) is 2. The molecular weight excluding hydrogens is 314 g/mol. The van der Waals surface area contributed by atoms with Crippen LogP contribution in [0, 0.1) is 11.8 Å². The highest BCUT2D eigenvalue weighted by Crippen LogP contribution is 2.31. The smallest absolute Gasteiger partial charge is 0.231 e. The average Bonchev–Trinajstić information content (AvgIpc) is 2.99. The molecule has 0 radical (unpaired) electrons. The lowest BCUT2D eigenvalue weighted by Crippen LogP contribution is -2.42. The highest BCUT2D eigenvalue weighted by atomic mass is 16.3. The predicted molar refractivity (Wildman–Crippen MR) is 98.0 cm³/mol.